The van der Waals surface area contributed by atoms with E-state index >= 15 is 0 Å². The Hall–Kier alpha value is -2.84. The molecule has 2 rings (SSSR count). The molecule has 1 aromatic rings. The Kier molecular flexibility index (Phi) is 5.45. The molecule has 136 valence electrons. The number of carbonyl (C=O) groups excluding carboxylic acids is 1. The molecule has 1 aromatic carbocycles. The van der Waals surface area contributed by atoms with E-state index in [4.69, 9.17) is 9.47 Å². The summed E-state index contributed by atoms with van der Waals surface area (Å²) in [6.07, 6.45) is 1.05. The fourth-order valence-corrected chi connectivity index (χ4v) is 3.13. The van der Waals surface area contributed by atoms with Gasteiger partial charge in [0.25, 0.3) is 5.91 Å². The average Bonchev–Trinajstić information content (AvgIpc) is 2.59. The standard InChI is InChI=1S/C16H20N2O7/c1-9-11(16(20)21)5-4-6-17(9)15(19)10-7-12(18(22)23)14(25-3)13(8-10)24-2/h7-9,11H,4-6H2,1-3H3,(H,20,21)/t9-,11-/m0/s1. The lowest BCUT2D eigenvalue weighted by atomic mass is 9.90. The second kappa shape index (κ2) is 7.37. The van der Waals surface area contributed by atoms with Crippen LogP contribution in [0, 0.1) is 16.0 Å². The van der Waals surface area contributed by atoms with Crippen LogP contribution in [0.3, 0.4) is 0 Å². The molecule has 0 radical (unpaired) electrons. The van der Waals surface area contributed by atoms with Crippen molar-refractivity contribution >= 4 is 17.6 Å². The number of benzene rings is 1. The predicted octanol–water partition coefficient (Wildman–Crippen LogP) is 1.94. The molecule has 0 saturated carbocycles. The molecule has 1 N–H and O–H groups in total. The molecule has 1 amide bonds. The highest BCUT2D eigenvalue weighted by molar-refractivity contribution is 5.96. The van der Waals surface area contributed by atoms with Gasteiger partial charge < -0.3 is 19.5 Å². The van der Waals surface area contributed by atoms with Crippen molar-refractivity contribution in [1.29, 1.82) is 0 Å². The smallest absolute Gasteiger partial charge is 0.315 e. The molecule has 25 heavy (non-hydrogen) atoms. The van der Waals surface area contributed by atoms with Gasteiger partial charge in [0.2, 0.25) is 5.75 Å². The minimum atomic E-state index is -0.955. The number of ether oxygens (including phenoxy) is 2. The second-order valence-electron chi connectivity index (χ2n) is 5.81. The van der Waals surface area contributed by atoms with Crippen LogP contribution in [0.15, 0.2) is 12.1 Å². The molecule has 9 nitrogen and oxygen atoms in total. The Balaban J connectivity index is 2.43. The topological polar surface area (TPSA) is 119 Å². The van der Waals surface area contributed by atoms with E-state index in [0.717, 1.165) is 6.07 Å². The molecule has 0 bridgehead atoms. The molecule has 1 aliphatic heterocycles. The van der Waals surface area contributed by atoms with Gasteiger partial charge in [0.1, 0.15) is 0 Å². The summed E-state index contributed by atoms with van der Waals surface area (Å²) in [7, 11) is 2.59. The van der Waals surface area contributed by atoms with Crippen LogP contribution in [0.5, 0.6) is 11.5 Å². The first-order valence-electron chi connectivity index (χ1n) is 7.76. The molecular weight excluding hydrogens is 332 g/mol. The van der Waals surface area contributed by atoms with Crippen molar-refractivity contribution < 1.29 is 29.1 Å². The Labute approximate surface area is 144 Å². The lowest BCUT2D eigenvalue weighted by molar-refractivity contribution is -0.385. The fourth-order valence-electron chi connectivity index (χ4n) is 3.13. The summed E-state index contributed by atoms with van der Waals surface area (Å²) in [5.41, 5.74) is -0.327. The maximum absolute atomic E-state index is 12.8. The number of carboxylic acid groups (broad SMARTS) is 1. The third-order valence-corrected chi connectivity index (χ3v) is 4.47. The number of piperidine rings is 1. The first-order valence-corrected chi connectivity index (χ1v) is 7.76. The molecule has 2 atom stereocenters. The average molecular weight is 352 g/mol. The summed E-state index contributed by atoms with van der Waals surface area (Å²) in [6.45, 7) is 2.07. The summed E-state index contributed by atoms with van der Waals surface area (Å²) in [5.74, 6) is -2.09. The van der Waals surface area contributed by atoms with Gasteiger partial charge in [0.15, 0.2) is 5.75 Å². The monoisotopic (exact) mass is 352 g/mol. The number of nitro groups is 1. The number of methoxy groups -OCH3 is 2. The van der Waals surface area contributed by atoms with Gasteiger partial charge in [-0.05, 0) is 25.8 Å². The highest BCUT2D eigenvalue weighted by Gasteiger charge is 2.36. The fraction of sp³-hybridized carbons (Fsp3) is 0.500. The van der Waals surface area contributed by atoms with E-state index in [1.165, 1.54) is 25.2 Å². The van der Waals surface area contributed by atoms with Gasteiger partial charge >= 0.3 is 11.7 Å². The van der Waals surface area contributed by atoms with Crippen LogP contribution in [0.4, 0.5) is 5.69 Å². The molecule has 0 unspecified atom stereocenters. The van der Waals surface area contributed by atoms with Crippen LogP contribution >= 0.6 is 0 Å². The molecule has 9 heteroatoms. The van der Waals surface area contributed by atoms with Gasteiger partial charge in [0, 0.05) is 18.7 Å². The summed E-state index contributed by atoms with van der Waals surface area (Å²) in [5, 5.41) is 20.6. The molecule has 0 aromatic heterocycles. The van der Waals surface area contributed by atoms with Crippen LogP contribution in [0.1, 0.15) is 30.1 Å². The molecule has 0 aliphatic carbocycles. The zero-order valence-electron chi connectivity index (χ0n) is 14.2. The minimum absolute atomic E-state index is 0.0576. The molecule has 1 aliphatic rings. The second-order valence-corrected chi connectivity index (χ2v) is 5.81. The Bertz CT molecular complexity index is 704. The first-order chi connectivity index (χ1) is 11.8. The predicted molar refractivity (Wildman–Crippen MR) is 87.1 cm³/mol. The Morgan fingerprint density at radius 3 is 2.52 bits per heavy atom. The zero-order chi connectivity index (χ0) is 18.7. The van der Waals surface area contributed by atoms with E-state index in [1.54, 1.807) is 6.92 Å². The third-order valence-electron chi connectivity index (χ3n) is 4.47. The van der Waals surface area contributed by atoms with Crippen LogP contribution in [0.2, 0.25) is 0 Å². The molecule has 1 saturated heterocycles. The zero-order valence-corrected chi connectivity index (χ0v) is 14.2. The van der Waals surface area contributed by atoms with Gasteiger partial charge in [-0.1, -0.05) is 0 Å². The van der Waals surface area contributed by atoms with Crippen molar-refractivity contribution in [3.63, 3.8) is 0 Å². The van der Waals surface area contributed by atoms with E-state index < -0.39 is 28.8 Å². The maximum atomic E-state index is 12.8. The number of hydrogen-bond acceptors (Lipinski definition) is 6. The van der Waals surface area contributed by atoms with Crippen LogP contribution in [-0.2, 0) is 4.79 Å². The number of aliphatic carboxylic acids is 1. The van der Waals surface area contributed by atoms with Crippen LogP contribution in [-0.4, -0.2) is 53.6 Å². The summed E-state index contributed by atoms with van der Waals surface area (Å²) < 4.78 is 10.1. The highest BCUT2D eigenvalue weighted by atomic mass is 16.6. The largest absolute Gasteiger partial charge is 0.493 e. The van der Waals surface area contributed by atoms with E-state index in [0.29, 0.717) is 19.4 Å². The van der Waals surface area contributed by atoms with Crippen molar-refractivity contribution in [2.24, 2.45) is 5.92 Å². The number of nitro benzene ring substituents is 1. The SMILES string of the molecule is COc1cc(C(=O)N2CCC[C@H](C(=O)O)[C@@H]2C)cc([N+](=O)[O-])c1OC. The van der Waals surface area contributed by atoms with E-state index in [2.05, 4.69) is 0 Å². The van der Waals surface area contributed by atoms with Crippen LogP contribution in [0.25, 0.3) is 0 Å². The highest BCUT2D eigenvalue weighted by Crippen LogP contribution is 2.38. The molecule has 1 fully saturated rings. The number of likely N-dealkylation sites (tertiary alicyclic amines) is 1. The van der Waals surface area contributed by atoms with Gasteiger partial charge in [-0.15, -0.1) is 0 Å². The Morgan fingerprint density at radius 2 is 2.00 bits per heavy atom. The van der Waals surface area contributed by atoms with E-state index in [9.17, 15) is 24.8 Å². The number of amides is 1. The van der Waals surface area contributed by atoms with Gasteiger partial charge in [0.05, 0.1) is 30.6 Å². The third kappa shape index (κ3) is 3.49. The van der Waals surface area contributed by atoms with Gasteiger partial charge in [-0.3, -0.25) is 19.7 Å². The minimum Gasteiger partial charge on any atom is -0.493 e. The lowest BCUT2D eigenvalue weighted by Crippen LogP contribution is -2.49. The number of hydrogen-bond donors (Lipinski definition) is 1. The van der Waals surface area contributed by atoms with Crippen molar-refractivity contribution in [3.05, 3.63) is 27.8 Å². The maximum Gasteiger partial charge on any atom is 0.315 e. The number of carbonyl (C=O) groups is 2. The van der Waals surface area contributed by atoms with Crippen LogP contribution < -0.4 is 9.47 Å². The van der Waals surface area contributed by atoms with Crippen molar-refractivity contribution in [2.75, 3.05) is 20.8 Å². The summed E-state index contributed by atoms with van der Waals surface area (Å²) >= 11 is 0. The number of nitrogens with zero attached hydrogens (tertiary/aromatic N) is 2. The molecule has 0 spiro atoms. The number of carboxylic acids is 1. The van der Waals surface area contributed by atoms with E-state index in [-0.39, 0.29) is 22.7 Å². The van der Waals surface area contributed by atoms with E-state index in [1.807, 2.05) is 0 Å². The normalized spacial score (nSPS) is 20.0. The number of rotatable bonds is 5. The van der Waals surface area contributed by atoms with Crippen molar-refractivity contribution in [1.82, 2.24) is 4.90 Å². The summed E-state index contributed by atoms with van der Waals surface area (Å²) in [4.78, 5) is 36.2. The lowest BCUT2D eigenvalue weighted by Gasteiger charge is -2.37. The van der Waals surface area contributed by atoms with Gasteiger partial charge in [-0.2, -0.15) is 0 Å². The quantitative estimate of drug-likeness (QED) is 0.635. The van der Waals surface area contributed by atoms with Crippen molar-refractivity contribution in [2.45, 2.75) is 25.8 Å². The van der Waals surface area contributed by atoms with Crippen molar-refractivity contribution in [3.8, 4) is 11.5 Å². The summed E-state index contributed by atoms with van der Waals surface area (Å²) in [6, 6.07) is 1.98. The van der Waals surface area contributed by atoms with Gasteiger partial charge in [-0.25, -0.2) is 0 Å². The first kappa shape index (κ1) is 18.5. The molecular formula is C16H20N2O7. The molecule has 1 heterocycles. The Morgan fingerprint density at radius 1 is 1.32 bits per heavy atom.